The van der Waals surface area contributed by atoms with Gasteiger partial charge in [0.1, 0.15) is 0 Å². The Balaban J connectivity index is 2.15. The number of carboxylic acid groups (broad SMARTS) is 1. The molecule has 3 N–H and O–H groups in total. The number of carboxylic acids is 1. The van der Waals surface area contributed by atoms with Gasteiger partial charge in [0.05, 0.1) is 5.92 Å². The monoisotopic (exact) mass is 296 g/mol. The molecule has 0 spiro atoms. The van der Waals surface area contributed by atoms with Crippen molar-refractivity contribution in [2.75, 3.05) is 13.1 Å². The zero-order valence-electron chi connectivity index (χ0n) is 11.0. The van der Waals surface area contributed by atoms with E-state index in [4.69, 9.17) is 5.11 Å². The van der Waals surface area contributed by atoms with Crippen molar-refractivity contribution in [3.63, 3.8) is 0 Å². The van der Waals surface area contributed by atoms with Crippen LogP contribution >= 0.6 is 0 Å². The van der Waals surface area contributed by atoms with Gasteiger partial charge in [-0.05, 0) is 25.2 Å². The van der Waals surface area contributed by atoms with Gasteiger partial charge >= 0.3 is 18.2 Å². The lowest BCUT2D eigenvalue weighted by molar-refractivity contribution is -0.142. The van der Waals surface area contributed by atoms with Crippen molar-refractivity contribution in [1.29, 1.82) is 0 Å². The molecule has 1 saturated carbocycles. The maximum atomic E-state index is 11.9. The summed E-state index contributed by atoms with van der Waals surface area (Å²) in [6.07, 6.45) is -3.15. The summed E-state index contributed by atoms with van der Waals surface area (Å²) in [4.78, 5) is 22.3. The Morgan fingerprint density at radius 1 is 1.20 bits per heavy atom. The molecule has 116 valence electrons. The Bertz CT molecular complexity index is 347. The van der Waals surface area contributed by atoms with Crippen LogP contribution in [0, 0.1) is 11.8 Å². The van der Waals surface area contributed by atoms with Crippen molar-refractivity contribution in [1.82, 2.24) is 10.6 Å². The van der Waals surface area contributed by atoms with Gasteiger partial charge in [0, 0.05) is 19.5 Å². The average molecular weight is 296 g/mol. The molecule has 0 aromatic heterocycles. The molecule has 8 heteroatoms. The zero-order chi connectivity index (χ0) is 15.2. The van der Waals surface area contributed by atoms with E-state index in [0.717, 1.165) is 12.8 Å². The van der Waals surface area contributed by atoms with Gasteiger partial charge in [-0.1, -0.05) is 6.42 Å². The van der Waals surface area contributed by atoms with Crippen LogP contribution in [-0.2, 0) is 4.79 Å². The number of hydrogen-bond acceptors (Lipinski definition) is 2. The van der Waals surface area contributed by atoms with Gasteiger partial charge in [-0.2, -0.15) is 13.2 Å². The van der Waals surface area contributed by atoms with Gasteiger partial charge in [-0.3, -0.25) is 4.79 Å². The molecule has 0 aromatic rings. The van der Waals surface area contributed by atoms with E-state index in [1.54, 1.807) is 0 Å². The summed E-state index contributed by atoms with van der Waals surface area (Å²) in [7, 11) is 0. The molecule has 1 fully saturated rings. The van der Waals surface area contributed by atoms with E-state index < -0.39 is 30.5 Å². The van der Waals surface area contributed by atoms with Crippen molar-refractivity contribution in [3.8, 4) is 0 Å². The number of alkyl halides is 3. The third-order valence-electron chi connectivity index (χ3n) is 3.42. The van der Waals surface area contributed by atoms with Crippen LogP contribution in [0.3, 0.4) is 0 Å². The first-order chi connectivity index (χ1) is 9.29. The molecule has 1 aliphatic rings. The van der Waals surface area contributed by atoms with E-state index in [0.29, 0.717) is 6.42 Å². The molecule has 2 unspecified atom stereocenters. The molecule has 1 aliphatic carbocycles. The summed E-state index contributed by atoms with van der Waals surface area (Å²) in [5.41, 5.74) is 0. The molecule has 2 amide bonds. The lowest BCUT2D eigenvalue weighted by Crippen LogP contribution is -2.40. The summed E-state index contributed by atoms with van der Waals surface area (Å²) in [5.74, 6) is -1.41. The van der Waals surface area contributed by atoms with Gasteiger partial charge in [0.2, 0.25) is 0 Å². The number of halogens is 3. The molecule has 1 rings (SSSR count). The average Bonchev–Trinajstić information content (AvgIpc) is 2.79. The zero-order valence-corrected chi connectivity index (χ0v) is 11.0. The number of rotatable bonds is 6. The molecule has 20 heavy (non-hydrogen) atoms. The first-order valence-electron chi connectivity index (χ1n) is 6.61. The molecule has 0 bridgehead atoms. The molecule has 0 saturated heterocycles. The van der Waals surface area contributed by atoms with Gasteiger partial charge in [0.25, 0.3) is 0 Å². The van der Waals surface area contributed by atoms with E-state index in [1.807, 2.05) is 0 Å². The Hall–Kier alpha value is -1.47. The molecular weight excluding hydrogens is 277 g/mol. The van der Waals surface area contributed by atoms with E-state index in [-0.39, 0.29) is 25.4 Å². The van der Waals surface area contributed by atoms with E-state index >= 15 is 0 Å². The number of aliphatic carboxylic acids is 1. The van der Waals surface area contributed by atoms with Crippen LogP contribution in [0.2, 0.25) is 0 Å². The summed E-state index contributed by atoms with van der Waals surface area (Å²) in [6, 6.07) is -0.553. The fourth-order valence-electron chi connectivity index (χ4n) is 2.38. The Labute approximate surface area is 114 Å². The summed E-state index contributed by atoms with van der Waals surface area (Å²) in [6.45, 7) is 0.181. The van der Waals surface area contributed by atoms with Crippen molar-refractivity contribution in [2.24, 2.45) is 11.8 Å². The normalized spacial score (nSPS) is 22.6. The summed E-state index contributed by atoms with van der Waals surface area (Å²) in [5, 5.41) is 13.8. The minimum Gasteiger partial charge on any atom is -0.481 e. The molecule has 0 aliphatic heterocycles. The summed E-state index contributed by atoms with van der Waals surface area (Å²) >= 11 is 0. The van der Waals surface area contributed by atoms with Gasteiger partial charge in [-0.15, -0.1) is 0 Å². The molecule has 0 aromatic carbocycles. The van der Waals surface area contributed by atoms with Crippen LogP contribution in [0.25, 0.3) is 0 Å². The maximum Gasteiger partial charge on any atom is 0.389 e. The Morgan fingerprint density at radius 3 is 2.50 bits per heavy atom. The van der Waals surface area contributed by atoms with Crippen LogP contribution < -0.4 is 10.6 Å². The summed E-state index contributed by atoms with van der Waals surface area (Å²) < 4.78 is 35.6. The van der Waals surface area contributed by atoms with E-state index in [2.05, 4.69) is 10.6 Å². The van der Waals surface area contributed by atoms with Gasteiger partial charge in [-0.25, -0.2) is 4.79 Å². The fraction of sp³-hybridized carbons (Fsp3) is 0.833. The number of carbonyl (C=O) groups is 2. The highest BCUT2D eigenvalue weighted by Crippen LogP contribution is 2.31. The second-order valence-electron chi connectivity index (χ2n) is 4.99. The minimum absolute atomic E-state index is 0.0572. The number of hydrogen-bond donors (Lipinski definition) is 3. The van der Waals surface area contributed by atoms with Crippen LogP contribution in [0.1, 0.15) is 32.1 Å². The SMILES string of the molecule is O=C(NCCCC(F)(F)F)NCC1CCCC1C(=O)O. The third-order valence-corrected chi connectivity index (χ3v) is 3.42. The smallest absolute Gasteiger partial charge is 0.389 e. The van der Waals surface area contributed by atoms with Crippen LogP contribution in [0.4, 0.5) is 18.0 Å². The molecule has 0 heterocycles. The Kier molecular flexibility index (Phi) is 6.09. The van der Waals surface area contributed by atoms with Crippen molar-refractivity contribution >= 4 is 12.0 Å². The molecule has 2 atom stereocenters. The van der Waals surface area contributed by atoms with Crippen molar-refractivity contribution in [3.05, 3.63) is 0 Å². The second-order valence-corrected chi connectivity index (χ2v) is 4.99. The topological polar surface area (TPSA) is 78.4 Å². The second kappa shape index (κ2) is 7.35. The van der Waals surface area contributed by atoms with Crippen LogP contribution in [0.15, 0.2) is 0 Å². The predicted molar refractivity (Wildman–Crippen MR) is 65.2 cm³/mol. The quantitative estimate of drug-likeness (QED) is 0.657. The molecule has 5 nitrogen and oxygen atoms in total. The van der Waals surface area contributed by atoms with Crippen molar-refractivity contribution < 1.29 is 27.9 Å². The van der Waals surface area contributed by atoms with E-state index in [9.17, 15) is 22.8 Å². The number of urea groups is 1. The predicted octanol–water partition coefficient (Wildman–Crippen LogP) is 2.13. The number of amides is 2. The standard InChI is InChI=1S/C12H19F3N2O3/c13-12(14,15)5-2-6-16-11(20)17-7-8-3-1-4-9(8)10(18)19/h8-9H,1-7H2,(H,18,19)(H2,16,17,20). The fourth-order valence-corrected chi connectivity index (χ4v) is 2.38. The number of carbonyl (C=O) groups excluding carboxylic acids is 1. The first kappa shape index (κ1) is 16.6. The third kappa shape index (κ3) is 6.12. The van der Waals surface area contributed by atoms with Crippen molar-refractivity contribution in [2.45, 2.75) is 38.3 Å². The van der Waals surface area contributed by atoms with Gasteiger partial charge in [0.15, 0.2) is 0 Å². The highest BCUT2D eigenvalue weighted by molar-refractivity contribution is 5.74. The molecule has 0 radical (unpaired) electrons. The molecular formula is C12H19F3N2O3. The van der Waals surface area contributed by atoms with Crippen LogP contribution in [-0.4, -0.2) is 36.4 Å². The van der Waals surface area contributed by atoms with Crippen LogP contribution in [0.5, 0.6) is 0 Å². The highest BCUT2D eigenvalue weighted by Gasteiger charge is 2.32. The first-order valence-corrected chi connectivity index (χ1v) is 6.61. The maximum absolute atomic E-state index is 11.9. The largest absolute Gasteiger partial charge is 0.481 e. The minimum atomic E-state index is -4.21. The lowest BCUT2D eigenvalue weighted by Gasteiger charge is -2.16. The van der Waals surface area contributed by atoms with Gasteiger partial charge < -0.3 is 15.7 Å². The van der Waals surface area contributed by atoms with E-state index in [1.165, 1.54) is 0 Å². The highest BCUT2D eigenvalue weighted by atomic mass is 19.4. The lowest BCUT2D eigenvalue weighted by atomic mass is 9.96. The number of nitrogens with one attached hydrogen (secondary N) is 2. The Morgan fingerprint density at radius 2 is 1.90 bits per heavy atom.